The highest BCUT2D eigenvalue weighted by Crippen LogP contribution is 2.67. The summed E-state index contributed by atoms with van der Waals surface area (Å²) >= 11 is 0. The van der Waals surface area contributed by atoms with Crippen molar-refractivity contribution in [2.75, 3.05) is 11.9 Å². The number of sulfonamides is 1. The van der Waals surface area contributed by atoms with Crippen LogP contribution in [0.4, 0.5) is 18.9 Å². The Morgan fingerprint density at radius 1 is 1.14 bits per heavy atom. The molecule has 0 aromatic heterocycles. The highest BCUT2D eigenvalue weighted by atomic mass is 32.2. The molecule has 0 spiro atoms. The molecule has 4 fully saturated rings. The minimum Gasteiger partial charge on any atom is -0.382 e. The van der Waals surface area contributed by atoms with Gasteiger partial charge >= 0.3 is 6.18 Å². The van der Waals surface area contributed by atoms with Crippen LogP contribution in [0.25, 0.3) is 0 Å². The Morgan fingerprint density at radius 3 is 2.38 bits per heavy atom. The van der Waals surface area contributed by atoms with Crippen LogP contribution in [0, 0.1) is 22.7 Å². The SMILES string of the molecule is CC12CC(Nc3ccc(S(=O)(=O)NCC4CC4)c(C(F)(F)F)c3)CC(C1)C2(C)C. The molecule has 0 amide bonds. The van der Waals surface area contributed by atoms with Crippen molar-refractivity contribution in [3.05, 3.63) is 23.8 Å². The van der Waals surface area contributed by atoms with E-state index in [1.165, 1.54) is 6.07 Å². The van der Waals surface area contributed by atoms with E-state index >= 15 is 0 Å². The highest BCUT2D eigenvalue weighted by molar-refractivity contribution is 7.89. The predicted molar refractivity (Wildman–Crippen MR) is 106 cm³/mol. The Labute approximate surface area is 170 Å². The van der Waals surface area contributed by atoms with Gasteiger partial charge in [-0.05, 0) is 73.0 Å². The molecule has 162 valence electrons. The van der Waals surface area contributed by atoms with Crippen LogP contribution in [0.1, 0.15) is 58.4 Å². The van der Waals surface area contributed by atoms with Gasteiger partial charge in [-0.15, -0.1) is 0 Å². The van der Waals surface area contributed by atoms with Gasteiger partial charge in [0.25, 0.3) is 0 Å². The number of fused-ring (bicyclic) bond motifs is 2. The Kier molecular flexibility index (Phi) is 4.78. The summed E-state index contributed by atoms with van der Waals surface area (Å²) in [4.78, 5) is -0.698. The maximum Gasteiger partial charge on any atom is 0.417 e. The third-order valence-corrected chi connectivity index (χ3v) is 9.23. The fourth-order valence-corrected chi connectivity index (χ4v) is 6.49. The fraction of sp³-hybridized carbons (Fsp3) is 0.714. The van der Waals surface area contributed by atoms with Gasteiger partial charge in [-0.3, -0.25) is 0 Å². The largest absolute Gasteiger partial charge is 0.417 e. The molecule has 0 heterocycles. The van der Waals surface area contributed by atoms with Crippen molar-refractivity contribution in [1.82, 2.24) is 4.72 Å². The zero-order valence-corrected chi connectivity index (χ0v) is 17.9. The molecular formula is C21H29F3N2O2S. The highest BCUT2D eigenvalue weighted by Gasteiger charge is 2.60. The van der Waals surface area contributed by atoms with Crippen molar-refractivity contribution in [3.8, 4) is 0 Å². The van der Waals surface area contributed by atoms with Gasteiger partial charge in [-0.1, -0.05) is 20.8 Å². The summed E-state index contributed by atoms with van der Waals surface area (Å²) < 4.78 is 68.2. The smallest absolute Gasteiger partial charge is 0.382 e. The van der Waals surface area contributed by atoms with Crippen LogP contribution < -0.4 is 10.0 Å². The van der Waals surface area contributed by atoms with E-state index in [2.05, 4.69) is 30.8 Å². The van der Waals surface area contributed by atoms with E-state index in [1.54, 1.807) is 0 Å². The molecule has 4 nitrogen and oxygen atoms in total. The van der Waals surface area contributed by atoms with Gasteiger partial charge < -0.3 is 5.32 Å². The summed E-state index contributed by atoms with van der Waals surface area (Å²) in [7, 11) is -4.20. The molecule has 1 aromatic carbocycles. The molecule has 4 saturated carbocycles. The lowest BCUT2D eigenvalue weighted by atomic mass is 9.40. The number of hydrogen-bond acceptors (Lipinski definition) is 3. The Bertz CT molecular complexity index is 909. The zero-order valence-electron chi connectivity index (χ0n) is 17.1. The van der Waals surface area contributed by atoms with Crippen LogP contribution >= 0.6 is 0 Å². The van der Waals surface area contributed by atoms with Crippen LogP contribution in [0.3, 0.4) is 0 Å². The van der Waals surface area contributed by atoms with Crippen LogP contribution in [0.15, 0.2) is 23.1 Å². The number of anilines is 1. The van der Waals surface area contributed by atoms with Gasteiger partial charge in [0.05, 0.1) is 10.5 Å². The minimum atomic E-state index is -4.75. The van der Waals surface area contributed by atoms with E-state index in [-0.39, 0.29) is 29.3 Å². The predicted octanol–water partition coefficient (Wildman–Crippen LogP) is 5.02. The fourth-order valence-electron chi connectivity index (χ4n) is 5.17. The molecule has 29 heavy (non-hydrogen) atoms. The van der Waals surface area contributed by atoms with Gasteiger partial charge in [-0.25, -0.2) is 13.1 Å². The molecule has 0 radical (unpaired) electrons. The van der Waals surface area contributed by atoms with Crippen molar-refractivity contribution in [2.24, 2.45) is 22.7 Å². The standard InChI is InChI=1S/C21H29F3N2O2S/c1-19(2)14-8-16(11-20(19,3)10-14)26-15-6-7-18(17(9-15)21(22,23)24)29(27,28)25-12-13-4-5-13/h6-7,9,13-14,16,25-26H,4-5,8,10-12H2,1-3H3. The van der Waals surface area contributed by atoms with Gasteiger partial charge in [0, 0.05) is 18.3 Å². The second-order valence-electron chi connectivity index (χ2n) is 9.97. The van der Waals surface area contributed by atoms with Crippen LogP contribution in [0.2, 0.25) is 0 Å². The zero-order chi connectivity index (χ0) is 21.2. The first-order chi connectivity index (χ1) is 13.3. The molecule has 3 atom stereocenters. The molecule has 0 saturated heterocycles. The monoisotopic (exact) mass is 430 g/mol. The summed E-state index contributed by atoms with van der Waals surface area (Å²) in [5.41, 5.74) is -0.339. The molecule has 4 aliphatic rings. The van der Waals surface area contributed by atoms with E-state index in [0.717, 1.165) is 44.2 Å². The van der Waals surface area contributed by atoms with Crippen molar-refractivity contribution in [1.29, 1.82) is 0 Å². The quantitative estimate of drug-likeness (QED) is 0.666. The topological polar surface area (TPSA) is 58.2 Å². The molecule has 3 unspecified atom stereocenters. The van der Waals surface area contributed by atoms with E-state index < -0.39 is 26.7 Å². The molecule has 1 aromatic rings. The summed E-state index contributed by atoms with van der Waals surface area (Å²) in [5.74, 6) is 0.801. The first-order valence-corrected chi connectivity index (χ1v) is 11.8. The average Bonchev–Trinajstić information content (AvgIpc) is 3.43. The summed E-state index contributed by atoms with van der Waals surface area (Å²) in [5, 5.41) is 3.24. The van der Waals surface area contributed by atoms with Gasteiger partial charge in [0.2, 0.25) is 10.0 Å². The Morgan fingerprint density at radius 2 is 1.83 bits per heavy atom. The number of benzene rings is 1. The maximum atomic E-state index is 13.7. The van der Waals surface area contributed by atoms with E-state index in [1.807, 2.05) is 0 Å². The third kappa shape index (κ3) is 3.78. The van der Waals surface area contributed by atoms with E-state index in [9.17, 15) is 21.6 Å². The van der Waals surface area contributed by atoms with Gasteiger partial charge in [0.15, 0.2) is 0 Å². The minimum absolute atomic E-state index is 0.100. The molecular weight excluding hydrogens is 401 g/mol. The lowest BCUT2D eigenvalue weighted by molar-refractivity contribution is -0.151. The maximum absolute atomic E-state index is 13.7. The second kappa shape index (κ2) is 6.61. The first kappa shape index (κ1) is 21.0. The van der Waals surface area contributed by atoms with Crippen LogP contribution in [-0.4, -0.2) is 21.0 Å². The first-order valence-electron chi connectivity index (χ1n) is 10.3. The lowest BCUT2D eigenvalue weighted by Crippen LogP contribution is -2.60. The molecule has 8 heteroatoms. The number of hydrogen-bond donors (Lipinski definition) is 2. The molecule has 4 aliphatic carbocycles. The summed E-state index contributed by atoms with van der Waals surface area (Å²) in [6.07, 6.45) is 0.0683. The third-order valence-electron chi connectivity index (χ3n) is 7.74. The summed E-state index contributed by atoms with van der Waals surface area (Å²) in [6.45, 7) is 6.98. The lowest BCUT2D eigenvalue weighted by Gasteiger charge is -2.66. The van der Waals surface area contributed by atoms with E-state index in [4.69, 9.17) is 0 Å². The molecule has 0 aliphatic heterocycles. The Balaban J connectivity index is 1.55. The number of alkyl halides is 3. The van der Waals surface area contributed by atoms with Crippen molar-refractivity contribution in [3.63, 3.8) is 0 Å². The normalized spacial score (nSPS) is 31.2. The number of nitrogens with one attached hydrogen (secondary N) is 2. The molecule has 2 bridgehead atoms. The van der Waals surface area contributed by atoms with Crippen molar-refractivity contribution in [2.45, 2.75) is 70.0 Å². The molecule has 2 N–H and O–H groups in total. The second-order valence-corrected chi connectivity index (χ2v) is 11.7. The van der Waals surface area contributed by atoms with Crippen LogP contribution in [-0.2, 0) is 16.2 Å². The van der Waals surface area contributed by atoms with Gasteiger partial charge in [0.1, 0.15) is 0 Å². The summed E-state index contributed by atoms with van der Waals surface area (Å²) in [6, 6.07) is 3.58. The van der Waals surface area contributed by atoms with Crippen molar-refractivity contribution < 1.29 is 21.6 Å². The number of halogens is 3. The van der Waals surface area contributed by atoms with Gasteiger partial charge in [-0.2, -0.15) is 13.2 Å². The Hall–Kier alpha value is -1.28. The van der Waals surface area contributed by atoms with E-state index in [0.29, 0.717) is 11.6 Å². The molecule has 5 rings (SSSR count). The van der Waals surface area contributed by atoms with Crippen molar-refractivity contribution >= 4 is 15.7 Å². The average molecular weight is 431 g/mol. The van der Waals surface area contributed by atoms with Crippen LogP contribution in [0.5, 0.6) is 0 Å². The number of rotatable bonds is 6.